The van der Waals surface area contributed by atoms with Crippen LogP contribution in [0.3, 0.4) is 0 Å². The average Bonchev–Trinajstić information content (AvgIpc) is 2.79. The second-order valence-electron chi connectivity index (χ2n) is 4.80. The lowest BCUT2D eigenvalue weighted by molar-refractivity contribution is -0.129. The van der Waals surface area contributed by atoms with Crippen LogP contribution < -0.4 is 10.5 Å². The summed E-state index contributed by atoms with van der Waals surface area (Å²) in [5.74, 6) is 1.34. The van der Waals surface area contributed by atoms with Crippen LogP contribution in [0, 0.1) is 5.92 Å². The molecule has 2 atom stereocenters. The Morgan fingerprint density at radius 1 is 1.44 bits per heavy atom. The van der Waals surface area contributed by atoms with E-state index in [1.54, 1.807) is 7.11 Å². The van der Waals surface area contributed by atoms with Crippen molar-refractivity contribution in [2.45, 2.75) is 19.4 Å². The van der Waals surface area contributed by atoms with E-state index in [1.807, 2.05) is 29.2 Å². The first-order valence-corrected chi connectivity index (χ1v) is 6.29. The van der Waals surface area contributed by atoms with E-state index in [0.29, 0.717) is 18.9 Å². The highest BCUT2D eigenvalue weighted by Crippen LogP contribution is 2.28. The molecule has 1 aliphatic rings. The second kappa shape index (κ2) is 5.40. The summed E-state index contributed by atoms with van der Waals surface area (Å²) >= 11 is 0. The predicted molar refractivity (Wildman–Crippen MR) is 70.3 cm³/mol. The van der Waals surface area contributed by atoms with Gasteiger partial charge in [0.2, 0.25) is 5.91 Å². The lowest BCUT2D eigenvalue weighted by Gasteiger charge is -2.25. The molecule has 18 heavy (non-hydrogen) atoms. The van der Waals surface area contributed by atoms with Gasteiger partial charge in [-0.25, -0.2) is 0 Å². The first kappa shape index (κ1) is 12.9. The maximum atomic E-state index is 11.9. The molecule has 0 spiro atoms. The van der Waals surface area contributed by atoms with E-state index in [2.05, 4.69) is 6.92 Å². The van der Waals surface area contributed by atoms with E-state index in [9.17, 15) is 4.79 Å². The van der Waals surface area contributed by atoms with Crippen molar-refractivity contribution in [2.24, 2.45) is 11.7 Å². The van der Waals surface area contributed by atoms with Gasteiger partial charge in [0.15, 0.2) is 0 Å². The average molecular weight is 248 g/mol. The van der Waals surface area contributed by atoms with Crippen LogP contribution in [0.1, 0.15) is 24.9 Å². The van der Waals surface area contributed by atoms with Gasteiger partial charge in [0, 0.05) is 13.0 Å². The number of likely N-dealkylation sites (tertiary alicyclic amines) is 1. The van der Waals surface area contributed by atoms with E-state index in [-0.39, 0.29) is 11.9 Å². The van der Waals surface area contributed by atoms with E-state index in [0.717, 1.165) is 17.9 Å². The summed E-state index contributed by atoms with van der Waals surface area (Å²) in [5, 5.41) is 0. The number of carbonyl (C=O) groups excluding carboxylic acids is 1. The summed E-state index contributed by atoms with van der Waals surface area (Å²) in [6.45, 7) is 3.40. The number of benzene rings is 1. The summed E-state index contributed by atoms with van der Waals surface area (Å²) in [6.07, 6.45) is 0.580. The minimum Gasteiger partial charge on any atom is -0.497 e. The molecule has 4 nitrogen and oxygen atoms in total. The van der Waals surface area contributed by atoms with Crippen molar-refractivity contribution in [3.63, 3.8) is 0 Å². The van der Waals surface area contributed by atoms with Gasteiger partial charge in [-0.3, -0.25) is 4.79 Å². The zero-order valence-corrected chi connectivity index (χ0v) is 10.9. The molecule has 1 heterocycles. The Bertz CT molecular complexity index is 416. The fourth-order valence-corrected chi connectivity index (χ4v) is 2.40. The lowest BCUT2D eigenvalue weighted by atomic mass is 10.1. The van der Waals surface area contributed by atoms with Crippen molar-refractivity contribution < 1.29 is 9.53 Å². The fraction of sp³-hybridized carbons (Fsp3) is 0.500. The molecular formula is C14H20N2O2. The van der Waals surface area contributed by atoms with Crippen molar-refractivity contribution in [1.29, 1.82) is 0 Å². The minimum atomic E-state index is 0.0972. The van der Waals surface area contributed by atoms with Crippen LogP contribution >= 0.6 is 0 Å². The van der Waals surface area contributed by atoms with Gasteiger partial charge in [0.1, 0.15) is 5.75 Å². The number of rotatable bonds is 4. The van der Waals surface area contributed by atoms with Gasteiger partial charge in [-0.05, 0) is 37.1 Å². The van der Waals surface area contributed by atoms with Crippen molar-refractivity contribution in [1.82, 2.24) is 4.90 Å². The minimum absolute atomic E-state index is 0.0972. The molecule has 4 heteroatoms. The van der Waals surface area contributed by atoms with Crippen molar-refractivity contribution in [3.05, 3.63) is 29.8 Å². The molecule has 0 radical (unpaired) electrons. The standard InChI is InChI=1S/C14H20N2O2/c1-10(12-3-5-13(18-2)6-4-12)16-9-11(8-15)7-14(16)17/h3-6,10-11H,7-9,15H2,1-2H3/t10-,11?/m1/s1. The SMILES string of the molecule is COc1ccc([C@@H](C)N2CC(CN)CC2=O)cc1. The summed E-state index contributed by atoms with van der Waals surface area (Å²) in [6, 6.07) is 7.96. The number of amides is 1. The van der Waals surface area contributed by atoms with Gasteiger partial charge in [-0.15, -0.1) is 0 Å². The first-order valence-electron chi connectivity index (χ1n) is 6.29. The van der Waals surface area contributed by atoms with E-state index in [4.69, 9.17) is 10.5 Å². The highest BCUT2D eigenvalue weighted by atomic mass is 16.5. The number of hydrogen-bond donors (Lipinski definition) is 1. The highest BCUT2D eigenvalue weighted by molar-refractivity contribution is 5.79. The Labute approximate surface area is 108 Å². The van der Waals surface area contributed by atoms with Gasteiger partial charge in [0.25, 0.3) is 0 Å². The molecule has 1 fully saturated rings. The van der Waals surface area contributed by atoms with Gasteiger partial charge in [0.05, 0.1) is 13.2 Å². The number of hydrogen-bond acceptors (Lipinski definition) is 3. The molecule has 1 saturated heterocycles. The molecule has 0 aromatic heterocycles. The zero-order valence-electron chi connectivity index (χ0n) is 10.9. The molecule has 2 rings (SSSR count). The molecule has 1 aromatic rings. The normalized spacial score (nSPS) is 21.2. The molecule has 2 N–H and O–H groups in total. The van der Waals surface area contributed by atoms with Crippen molar-refractivity contribution in [2.75, 3.05) is 20.2 Å². The second-order valence-corrected chi connectivity index (χ2v) is 4.80. The first-order chi connectivity index (χ1) is 8.65. The maximum absolute atomic E-state index is 11.9. The van der Waals surface area contributed by atoms with Crippen LogP contribution in [-0.4, -0.2) is 31.0 Å². The predicted octanol–water partition coefficient (Wildman–Crippen LogP) is 1.56. The van der Waals surface area contributed by atoms with E-state index in [1.165, 1.54) is 0 Å². The van der Waals surface area contributed by atoms with Crippen LogP contribution in [0.4, 0.5) is 0 Å². The lowest BCUT2D eigenvalue weighted by Crippen LogP contribution is -2.29. The molecular weight excluding hydrogens is 228 g/mol. The molecule has 98 valence electrons. The summed E-state index contributed by atoms with van der Waals surface area (Å²) < 4.78 is 5.13. The Hall–Kier alpha value is -1.55. The zero-order chi connectivity index (χ0) is 13.1. The Morgan fingerprint density at radius 2 is 2.11 bits per heavy atom. The third kappa shape index (κ3) is 2.48. The number of nitrogens with zero attached hydrogens (tertiary/aromatic N) is 1. The van der Waals surface area contributed by atoms with Crippen molar-refractivity contribution >= 4 is 5.91 Å². The summed E-state index contributed by atoms with van der Waals surface area (Å²) in [5.41, 5.74) is 6.77. The van der Waals surface area contributed by atoms with Crippen LogP contribution in [0.25, 0.3) is 0 Å². The summed E-state index contributed by atoms with van der Waals surface area (Å²) in [7, 11) is 1.65. The summed E-state index contributed by atoms with van der Waals surface area (Å²) in [4.78, 5) is 13.8. The largest absolute Gasteiger partial charge is 0.497 e. The molecule has 1 unspecified atom stereocenters. The van der Waals surface area contributed by atoms with Crippen molar-refractivity contribution in [3.8, 4) is 5.75 Å². The molecule has 0 aliphatic carbocycles. The number of ether oxygens (including phenoxy) is 1. The highest BCUT2D eigenvalue weighted by Gasteiger charge is 2.32. The quantitative estimate of drug-likeness (QED) is 0.879. The number of methoxy groups -OCH3 is 1. The third-order valence-corrected chi connectivity index (χ3v) is 3.64. The molecule has 0 saturated carbocycles. The Kier molecular flexibility index (Phi) is 3.87. The van der Waals surface area contributed by atoms with E-state index >= 15 is 0 Å². The number of carbonyl (C=O) groups is 1. The Morgan fingerprint density at radius 3 is 2.61 bits per heavy atom. The van der Waals surface area contributed by atoms with Crippen LogP contribution in [-0.2, 0) is 4.79 Å². The third-order valence-electron chi connectivity index (χ3n) is 3.64. The van der Waals surface area contributed by atoms with Gasteiger partial charge < -0.3 is 15.4 Å². The number of nitrogens with two attached hydrogens (primary N) is 1. The van der Waals surface area contributed by atoms with Crippen LogP contribution in [0.5, 0.6) is 5.75 Å². The van der Waals surface area contributed by atoms with Crippen LogP contribution in [0.2, 0.25) is 0 Å². The topological polar surface area (TPSA) is 55.6 Å². The Balaban J connectivity index is 2.10. The van der Waals surface area contributed by atoms with Gasteiger partial charge >= 0.3 is 0 Å². The molecule has 1 aliphatic heterocycles. The fourth-order valence-electron chi connectivity index (χ4n) is 2.40. The monoisotopic (exact) mass is 248 g/mol. The molecule has 1 aromatic carbocycles. The molecule has 0 bridgehead atoms. The van der Waals surface area contributed by atoms with Gasteiger partial charge in [-0.1, -0.05) is 12.1 Å². The van der Waals surface area contributed by atoms with E-state index < -0.39 is 0 Å². The van der Waals surface area contributed by atoms with Gasteiger partial charge in [-0.2, -0.15) is 0 Å². The maximum Gasteiger partial charge on any atom is 0.223 e. The molecule has 1 amide bonds. The van der Waals surface area contributed by atoms with Crippen LogP contribution in [0.15, 0.2) is 24.3 Å². The smallest absolute Gasteiger partial charge is 0.223 e.